The lowest BCUT2D eigenvalue weighted by atomic mass is 10.1. The highest BCUT2D eigenvalue weighted by atomic mass is 32.1. The Bertz CT molecular complexity index is 1510. The first-order valence-corrected chi connectivity index (χ1v) is 13.3. The fourth-order valence-electron chi connectivity index (χ4n) is 5.43. The molecular weight excluding hydrogens is 531 g/mol. The molecule has 202 valence electrons. The van der Waals surface area contributed by atoms with Crippen LogP contribution in [-0.4, -0.2) is 79.4 Å². The molecule has 3 aromatic heterocycles. The first-order chi connectivity index (χ1) is 18.7. The molecule has 1 aromatic carbocycles. The average Bonchev–Trinajstić information content (AvgIpc) is 3.67. The Kier molecular flexibility index (Phi) is 6.34. The van der Waals surface area contributed by atoms with E-state index in [9.17, 15) is 22.8 Å². The molecule has 2 saturated heterocycles. The van der Waals surface area contributed by atoms with Crippen LogP contribution < -0.4 is 4.90 Å². The van der Waals surface area contributed by atoms with Gasteiger partial charge in [-0.3, -0.25) is 19.1 Å². The third-order valence-electron chi connectivity index (χ3n) is 7.44. The van der Waals surface area contributed by atoms with Crippen LogP contribution in [0.5, 0.6) is 0 Å². The van der Waals surface area contributed by atoms with E-state index in [1.807, 2.05) is 41.0 Å². The highest BCUT2D eigenvalue weighted by Crippen LogP contribution is 2.33. The molecule has 2 amide bonds. The van der Waals surface area contributed by atoms with Crippen LogP contribution in [0.3, 0.4) is 0 Å². The van der Waals surface area contributed by atoms with E-state index in [0.717, 1.165) is 29.0 Å². The lowest BCUT2D eigenvalue weighted by Gasteiger charge is -2.39. The quantitative estimate of drug-likeness (QED) is 0.380. The number of rotatable bonds is 4. The molecule has 9 nitrogen and oxygen atoms in total. The minimum atomic E-state index is -4.50. The Labute approximate surface area is 225 Å². The number of fused-ring (bicyclic) bond motifs is 1. The first kappa shape index (κ1) is 25.4. The van der Waals surface area contributed by atoms with Gasteiger partial charge in [0.2, 0.25) is 11.9 Å². The summed E-state index contributed by atoms with van der Waals surface area (Å²) in [7, 11) is 0. The highest BCUT2D eigenvalue weighted by molar-refractivity contribution is 7.11. The van der Waals surface area contributed by atoms with E-state index in [0.29, 0.717) is 37.6 Å². The molecule has 6 rings (SSSR count). The van der Waals surface area contributed by atoms with Crippen molar-refractivity contribution >= 4 is 39.7 Å². The molecule has 13 heteroatoms. The molecule has 2 atom stereocenters. The number of halogens is 3. The number of aromatic nitrogens is 4. The Balaban J connectivity index is 1.17. The van der Waals surface area contributed by atoms with Crippen molar-refractivity contribution in [2.45, 2.75) is 31.6 Å². The van der Waals surface area contributed by atoms with Gasteiger partial charge in [0.15, 0.2) is 5.01 Å². The molecule has 2 aliphatic rings. The van der Waals surface area contributed by atoms with Gasteiger partial charge in [0, 0.05) is 79.9 Å². The predicted octanol–water partition coefficient (Wildman–Crippen LogP) is 3.85. The number of benzene rings is 1. The number of anilines is 1. The summed E-state index contributed by atoms with van der Waals surface area (Å²) in [5.41, 5.74) is 0.565. The van der Waals surface area contributed by atoms with Crippen LogP contribution in [0.15, 0.2) is 54.4 Å². The number of piperazine rings is 1. The molecule has 39 heavy (non-hydrogen) atoms. The lowest BCUT2D eigenvalue weighted by molar-refractivity contribution is -0.138. The molecule has 2 aliphatic heterocycles. The number of alkyl halides is 3. The van der Waals surface area contributed by atoms with E-state index in [4.69, 9.17) is 0 Å². The minimum absolute atomic E-state index is 0.0236. The van der Waals surface area contributed by atoms with Crippen LogP contribution in [0.4, 0.5) is 18.9 Å². The Morgan fingerprint density at radius 1 is 1.05 bits per heavy atom. The molecule has 2 unspecified atom stereocenters. The average molecular weight is 556 g/mol. The summed E-state index contributed by atoms with van der Waals surface area (Å²) >= 11 is 1.33. The molecule has 2 fully saturated rings. The molecule has 0 aliphatic carbocycles. The minimum Gasteiger partial charge on any atom is -0.334 e. The van der Waals surface area contributed by atoms with E-state index in [1.54, 1.807) is 22.3 Å². The number of carbonyl (C=O) groups is 2. The third kappa shape index (κ3) is 4.65. The topological polar surface area (TPSA) is 87.5 Å². The summed E-state index contributed by atoms with van der Waals surface area (Å²) in [4.78, 5) is 43.6. The molecule has 0 spiro atoms. The van der Waals surface area contributed by atoms with Gasteiger partial charge in [-0.2, -0.15) is 13.2 Å². The summed E-state index contributed by atoms with van der Waals surface area (Å²) in [5.74, 6) is 0.103. The summed E-state index contributed by atoms with van der Waals surface area (Å²) < 4.78 is 40.3. The summed E-state index contributed by atoms with van der Waals surface area (Å²) in [6, 6.07) is 7.33. The van der Waals surface area contributed by atoms with Gasteiger partial charge in [0.05, 0.1) is 17.1 Å². The summed E-state index contributed by atoms with van der Waals surface area (Å²) in [6.07, 6.45) is 0.741. The van der Waals surface area contributed by atoms with Crippen LogP contribution in [0.2, 0.25) is 0 Å². The van der Waals surface area contributed by atoms with Gasteiger partial charge >= 0.3 is 6.18 Å². The monoisotopic (exact) mass is 555 g/mol. The summed E-state index contributed by atoms with van der Waals surface area (Å²) in [6.45, 7) is 4.57. The van der Waals surface area contributed by atoms with Gasteiger partial charge in [0.25, 0.3) is 5.91 Å². The number of thiazole rings is 1. The van der Waals surface area contributed by atoms with E-state index in [-0.39, 0.29) is 29.8 Å². The second-order valence-electron chi connectivity index (χ2n) is 9.64. The van der Waals surface area contributed by atoms with Crippen LogP contribution in [0.1, 0.15) is 28.7 Å². The molecule has 0 N–H and O–H groups in total. The number of nitrogens with zero attached hydrogens (tertiary/aromatic N) is 7. The maximum Gasteiger partial charge on any atom is 0.419 e. The molecule has 5 heterocycles. The van der Waals surface area contributed by atoms with E-state index in [1.165, 1.54) is 11.3 Å². The van der Waals surface area contributed by atoms with Crippen molar-refractivity contribution in [2.24, 2.45) is 0 Å². The maximum absolute atomic E-state index is 13.2. The predicted molar refractivity (Wildman–Crippen MR) is 139 cm³/mol. The van der Waals surface area contributed by atoms with Crippen molar-refractivity contribution in [3.05, 3.63) is 65.0 Å². The van der Waals surface area contributed by atoms with Crippen LogP contribution in [0.25, 0.3) is 16.9 Å². The zero-order valence-electron chi connectivity index (χ0n) is 20.9. The van der Waals surface area contributed by atoms with Crippen LogP contribution >= 0.6 is 11.3 Å². The normalized spacial score (nSPS) is 20.8. The zero-order chi connectivity index (χ0) is 27.3. The van der Waals surface area contributed by atoms with Crippen molar-refractivity contribution in [3.8, 4) is 5.95 Å². The molecule has 0 bridgehead atoms. The van der Waals surface area contributed by atoms with Crippen molar-refractivity contribution < 1.29 is 22.8 Å². The van der Waals surface area contributed by atoms with Crippen molar-refractivity contribution in [2.75, 3.05) is 31.1 Å². The van der Waals surface area contributed by atoms with Crippen molar-refractivity contribution in [3.63, 3.8) is 0 Å². The van der Waals surface area contributed by atoms with E-state index >= 15 is 0 Å². The fourth-order valence-corrected chi connectivity index (χ4v) is 6.03. The van der Waals surface area contributed by atoms with Gasteiger partial charge < -0.3 is 9.80 Å². The molecule has 0 saturated carbocycles. The third-order valence-corrected chi connectivity index (χ3v) is 8.20. The Morgan fingerprint density at radius 2 is 1.79 bits per heavy atom. The van der Waals surface area contributed by atoms with Crippen LogP contribution in [0, 0.1) is 0 Å². The van der Waals surface area contributed by atoms with Gasteiger partial charge in [-0.25, -0.2) is 15.0 Å². The second kappa shape index (κ2) is 9.72. The SMILES string of the molecule is CC1C(N2CCN(C(=O)c3nccs3)CC2)CC(=O)N1c1ccc2c(ccn2-c2ncc(C(F)(F)F)cn2)c1. The number of amides is 2. The summed E-state index contributed by atoms with van der Waals surface area (Å²) in [5, 5.41) is 3.10. The van der Waals surface area contributed by atoms with Crippen molar-refractivity contribution in [1.29, 1.82) is 0 Å². The Morgan fingerprint density at radius 3 is 2.46 bits per heavy atom. The lowest BCUT2D eigenvalue weighted by Crippen LogP contribution is -2.54. The van der Waals surface area contributed by atoms with E-state index < -0.39 is 11.7 Å². The second-order valence-corrected chi connectivity index (χ2v) is 10.5. The standard InChI is InChI=1S/C26H24F3N7O2S/c1-16-21(33-7-9-34(10-8-33)24(38)23-30-5-11-39-23)13-22(37)36(16)19-2-3-20-17(12-19)4-6-35(20)25-31-14-18(15-32-25)26(27,28)29/h2-6,11-12,14-16,21H,7-10,13H2,1H3. The van der Waals surface area contributed by atoms with Crippen LogP contribution in [-0.2, 0) is 11.0 Å². The fraction of sp³-hybridized carbons (Fsp3) is 0.346. The van der Waals surface area contributed by atoms with Gasteiger partial charge in [-0.05, 0) is 31.2 Å². The number of carbonyl (C=O) groups excluding carboxylic acids is 2. The van der Waals surface area contributed by atoms with E-state index in [2.05, 4.69) is 19.9 Å². The molecular formula is C26H24F3N7O2S. The zero-order valence-corrected chi connectivity index (χ0v) is 21.7. The first-order valence-electron chi connectivity index (χ1n) is 12.5. The largest absolute Gasteiger partial charge is 0.419 e. The highest BCUT2D eigenvalue weighted by Gasteiger charge is 2.42. The molecule has 0 radical (unpaired) electrons. The van der Waals surface area contributed by atoms with Gasteiger partial charge in [-0.15, -0.1) is 11.3 Å². The van der Waals surface area contributed by atoms with Gasteiger partial charge in [-0.1, -0.05) is 0 Å². The smallest absolute Gasteiger partial charge is 0.334 e. The maximum atomic E-state index is 13.2. The van der Waals surface area contributed by atoms with Gasteiger partial charge in [0.1, 0.15) is 0 Å². The molecule has 4 aromatic rings. The number of hydrogen-bond acceptors (Lipinski definition) is 7. The Hall–Kier alpha value is -3.84. The number of hydrogen-bond donors (Lipinski definition) is 0. The van der Waals surface area contributed by atoms with Crippen molar-refractivity contribution in [1.82, 2.24) is 29.3 Å².